The van der Waals surface area contributed by atoms with Gasteiger partial charge >= 0.3 is 6.03 Å². The zero-order valence-corrected chi connectivity index (χ0v) is 21.5. The van der Waals surface area contributed by atoms with E-state index in [0.29, 0.717) is 38.0 Å². The van der Waals surface area contributed by atoms with Crippen LogP contribution in [0, 0.1) is 0 Å². The van der Waals surface area contributed by atoms with Crippen LogP contribution in [0.5, 0.6) is 11.5 Å². The van der Waals surface area contributed by atoms with Crippen LogP contribution >= 0.6 is 46.6 Å². The van der Waals surface area contributed by atoms with Crippen molar-refractivity contribution in [2.45, 2.75) is 18.0 Å². The molecule has 2 atom stereocenters. The minimum absolute atomic E-state index is 0.127. The molecule has 0 aliphatic carbocycles. The molecular weight excluding hydrogens is 531 g/mol. The molecule has 3 aromatic rings. The van der Waals surface area contributed by atoms with E-state index in [1.54, 1.807) is 60.2 Å². The van der Waals surface area contributed by atoms with Crippen molar-refractivity contribution >= 4 is 64.2 Å². The van der Waals surface area contributed by atoms with Crippen molar-refractivity contribution in [2.24, 2.45) is 0 Å². The van der Waals surface area contributed by atoms with Gasteiger partial charge in [0.2, 0.25) is 0 Å². The fourth-order valence-corrected chi connectivity index (χ4v) is 6.57. The molecule has 10 heteroatoms. The Labute approximate surface area is 221 Å². The summed E-state index contributed by atoms with van der Waals surface area (Å²) in [5, 5.41) is 0.689. The van der Waals surface area contributed by atoms with Crippen LogP contribution in [0.2, 0.25) is 15.1 Å². The third-order valence-electron chi connectivity index (χ3n) is 5.86. The fraction of sp³-hybridized carbons (Fsp3) is 0.200. The van der Waals surface area contributed by atoms with Gasteiger partial charge in [-0.1, -0.05) is 59.1 Å². The van der Waals surface area contributed by atoms with Crippen molar-refractivity contribution < 1.29 is 19.1 Å². The number of nitrogens with zero attached hydrogens (tertiary/aromatic N) is 2. The first-order chi connectivity index (χ1) is 16.9. The molecular formula is C25H19Cl3N2O4S. The minimum atomic E-state index is -0.508. The Kier molecular flexibility index (Phi) is 6.77. The van der Waals surface area contributed by atoms with Crippen molar-refractivity contribution in [2.75, 3.05) is 17.8 Å². The Bertz CT molecular complexity index is 1280. The molecule has 0 spiro atoms. The highest BCUT2D eigenvalue weighted by Gasteiger charge is 2.53. The van der Waals surface area contributed by atoms with Gasteiger partial charge in [0.1, 0.15) is 23.8 Å². The number of methoxy groups -OCH3 is 1. The van der Waals surface area contributed by atoms with Gasteiger partial charge < -0.3 is 9.47 Å². The molecule has 0 saturated carbocycles. The van der Waals surface area contributed by atoms with Crippen LogP contribution in [-0.4, -0.2) is 35.7 Å². The lowest BCUT2D eigenvalue weighted by molar-refractivity contribution is -0.119. The predicted molar refractivity (Wildman–Crippen MR) is 139 cm³/mol. The Hall–Kier alpha value is -2.58. The van der Waals surface area contributed by atoms with E-state index in [4.69, 9.17) is 44.3 Å². The second-order valence-electron chi connectivity index (χ2n) is 7.96. The number of carbonyl (C=O) groups excluding carboxylic acids is 2. The summed E-state index contributed by atoms with van der Waals surface area (Å²) in [6.07, 6.45) is 0. The number of hydrogen-bond acceptors (Lipinski definition) is 5. The van der Waals surface area contributed by atoms with E-state index in [9.17, 15) is 9.59 Å². The number of fused-ring (bicyclic) bond motifs is 1. The van der Waals surface area contributed by atoms with Crippen LogP contribution in [0.3, 0.4) is 0 Å². The molecule has 0 radical (unpaired) electrons. The van der Waals surface area contributed by atoms with Crippen molar-refractivity contribution in [1.29, 1.82) is 0 Å². The van der Waals surface area contributed by atoms with E-state index in [2.05, 4.69) is 0 Å². The summed E-state index contributed by atoms with van der Waals surface area (Å²) >= 11 is 20.1. The summed E-state index contributed by atoms with van der Waals surface area (Å²) < 4.78 is 11.4. The van der Waals surface area contributed by atoms with Gasteiger partial charge in [0.15, 0.2) is 5.75 Å². The number of para-hydroxylation sites is 1. The van der Waals surface area contributed by atoms with Crippen molar-refractivity contribution in [1.82, 2.24) is 4.90 Å². The van der Waals surface area contributed by atoms with E-state index in [-0.39, 0.29) is 23.9 Å². The van der Waals surface area contributed by atoms with Crippen molar-refractivity contribution in [3.05, 3.63) is 86.9 Å². The summed E-state index contributed by atoms with van der Waals surface area (Å²) in [6.45, 7) is 0.127. The van der Waals surface area contributed by atoms with Crippen LogP contribution in [0.4, 0.5) is 10.5 Å². The molecule has 35 heavy (non-hydrogen) atoms. The summed E-state index contributed by atoms with van der Waals surface area (Å²) in [4.78, 5) is 29.3. The zero-order chi connectivity index (χ0) is 24.7. The topological polar surface area (TPSA) is 59.1 Å². The van der Waals surface area contributed by atoms with Crippen molar-refractivity contribution in [3.63, 3.8) is 0 Å². The number of rotatable bonds is 6. The van der Waals surface area contributed by atoms with E-state index in [0.717, 1.165) is 11.1 Å². The molecule has 0 N–H and O–H groups in total. The lowest BCUT2D eigenvalue weighted by atomic mass is 10.1. The predicted octanol–water partition coefficient (Wildman–Crippen LogP) is 6.82. The third kappa shape index (κ3) is 4.42. The van der Waals surface area contributed by atoms with Crippen LogP contribution in [0.25, 0.3) is 0 Å². The molecule has 0 aromatic heterocycles. The first-order valence-corrected chi connectivity index (χ1v) is 12.8. The zero-order valence-electron chi connectivity index (χ0n) is 18.4. The first kappa shape index (κ1) is 24.1. The Morgan fingerprint density at radius 1 is 1.00 bits per heavy atom. The Morgan fingerprint density at radius 2 is 1.71 bits per heavy atom. The molecule has 2 fully saturated rings. The maximum absolute atomic E-state index is 13.3. The Morgan fingerprint density at radius 3 is 2.40 bits per heavy atom. The molecule has 3 amide bonds. The maximum atomic E-state index is 13.3. The van der Waals surface area contributed by atoms with E-state index >= 15 is 0 Å². The number of imide groups is 1. The quantitative estimate of drug-likeness (QED) is 0.316. The molecule has 0 unspecified atom stereocenters. The number of amides is 3. The van der Waals surface area contributed by atoms with Crippen LogP contribution in [0.15, 0.2) is 60.7 Å². The van der Waals surface area contributed by atoms with Gasteiger partial charge in [-0.25, -0.2) is 9.69 Å². The smallest absolute Gasteiger partial charge is 0.333 e. The number of urea groups is 1. The molecule has 180 valence electrons. The molecule has 2 aliphatic heterocycles. The molecule has 2 saturated heterocycles. The number of thioether (sulfide) groups is 1. The summed E-state index contributed by atoms with van der Waals surface area (Å²) in [7, 11) is 1.57. The van der Waals surface area contributed by atoms with Gasteiger partial charge in [-0.05, 0) is 42.0 Å². The van der Waals surface area contributed by atoms with Crippen molar-refractivity contribution in [3.8, 4) is 11.5 Å². The normalized spacial score (nSPS) is 19.3. The fourth-order valence-electron chi connectivity index (χ4n) is 4.24. The number of anilines is 1. The van der Waals surface area contributed by atoms with E-state index < -0.39 is 6.04 Å². The highest BCUT2D eigenvalue weighted by Crippen LogP contribution is 2.47. The van der Waals surface area contributed by atoms with Crippen LogP contribution in [-0.2, 0) is 11.4 Å². The van der Waals surface area contributed by atoms with Gasteiger partial charge in [0.05, 0.1) is 22.8 Å². The summed E-state index contributed by atoms with van der Waals surface area (Å²) in [5.74, 6) is 1.25. The average molecular weight is 550 g/mol. The molecule has 0 bridgehead atoms. The standard InChI is InChI=1S/C25H19Cl3N2O4S/c1-33-21-8-7-14(9-15(21)12-34-22-18(27)10-16(26)11-19(22)28)24-30-20(13-35-24)23(31)29(25(30)32)17-5-3-2-4-6-17/h2-11,20,24H,12-13H2,1H3/t20-,24+/m1/s1. The number of halogens is 3. The molecule has 3 aromatic carbocycles. The van der Waals surface area contributed by atoms with Gasteiger partial charge in [0, 0.05) is 16.3 Å². The highest BCUT2D eigenvalue weighted by molar-refractivity contribution is 7.99. The third-order valence-corrected chi connectivity index (χ3v) is 7.96. The maximum Gasteiger partial charge on any atom is 0.333 e. The SMILES string of the molecule is COc1ccc([C@@H]2SC[C@@H]3C(=O)N(c4ccccc4)C(=O)N32)cc1COc1c(Cl)cc(Cl)cc1Cl. The van der Waals surface area contributed by atoms with Crippen LogP contribution < -0.4 is 14.4 Å². The largest absolute Gasteiger partial charge is 0.496 e. The summed E-state index contributed by atoms with van der Waals surface area (Å²) in [5.41, 5.74) is 2.18. The minimum Gasteiger partial charge on any atom is -0.496 e. The molecule has 2 aliphatic rings. The number of ether oxygens (including phenoxy) is 2. The van der Waals surface area contributed by atoms with Gasteiger partial charge in [-0.15, -0.1) is 11.8 Å². The van der Waals surface area contributed by atoms with Gasteiger partial charge in [-0.3, -0.25) is 9.69 Å². The van der Waals surface area contributed by atoms with Gasteiger partial charge in [0.25, 0.3) is 5.91 Å². The lowest BCUT2D eigenvalue weighted by Crippen LogP contribution is -2.33. The molecule has 6 nitrogen and oxygen atoms in total. The Balaban J connectivity index is 1.42. The van der Waals surface area contributed by atoms with Gasteiger partial charge in [-0.2, -0.15) is 0 Å². The second-order valence-corrected chi connectivity index (χ2v) is 10.3. The lowest BCUT2D eigenvalue weighted by Gasteiger charge is -2.24. The average Bonchev–Trinajstić information content (AvgIpc) is 3.38. The molecule has 5 rings (SSSR count). The highest BCUT2D eigenvalue weighted by atomic mass is 35.5. The number of carbonyl (C=O) groups is 2. The molecule has 2 heterocycles. The second kappa shape index (κ2) is 9.82. The number of benzene rings is 3. The monoisotopic (exact) mass is 548 g/mol. The van der Waals surface area contributed by atoms with E-state index in [1.807, 2.05) is 24.3 Å². The van der Waals surface area contributed by atoms with E-state index in [1.165, 1.54) is 4.90 Å². The summed E-state index contributed by atoms with van der Waals surface area (Å²) in [6, 6.07) is 16.9. The van der Waals surface area contributed by atoms with Crippen LogP contribution in [0.1, 0.15) is 16.5 Å². The number of hydrogen-bond donors (Lipinski definition) is 0. The first-order valence-electron chi connectivity index (χ1n) is 10.7.